The van der Waals surface area contributed by atoms with Crippen LogP contribution in [0.2, 0.25) is 0 Å². The lowest BCUT2D eigenvalue weighted by molar-refractivity contribution is 0.122. The second kappa shape index (κ2) is 9.58. The first-order valence-electron chi connectivity index (χ1n) is 9.00. The summed E-state index contributed by atoms with van der Waals surface area (Å²) in [7, 11) is 0. The molecular weight excluding hydrogens is 380 g/mol. The highest BCUT2D eigenvalue weighted by Crippen LogP contribution is 2.30. The van der Waals surface area contributed by atoms with Crippen LogP contribution >= 0.6 is 0 Å². The molecule has 0 aliphatic carbocycles. The van der Waals surface area contributed by atoms with Crippen LogP contribution in [0.3, 0.4) is 0 Å². The molecule has 1 atom stereocenters. The second-order valence-corrected chi connectivity index (χ2v) is 7.33. The highest BCUT2D eigenvalue weighted by Gasteiger charge is 2.17. The Bertz CT molecular complexity index is 898. The number of nitrogens with two attached hydrogens (primary N) is 1. The van der Waals surface area contributed by atoms with Gasteiger partial charge in [-0.25, -0.2) is 9.19 Å². The van der Waals surface area contributed by atoms with Gasteiger partial charge in [-0.2, -0.15) is 0 Å². The minimum absolute atomic E-state index is 0.216. The van der Waals surface area contributed by atoms with Gasteiger partial charge in [-0.15, -0.1) is 0 Å². The number of hydrogen-bond donors (Lipinski definition) is 4. The van der Waals surface area contributed by atoms with E-state index in [1.807, 2.05) is 12.1 Å². The summed E-state index contributed by atoms with van der Waals surface area (Å²) >= 11 is -1.80. The predicted octanol–water partition coefficient (Wildman–Crippen LogP) is 1.44. The van der Waals surface area contributed by atoms with Crippen molar-refractivity contribution in [2.75, 3.05) is 48.8 Å². The molecule has 2 aromatic rings. The lowest BCUT2D eigenvalue weighted by atomic mass is 10.1. The lowest BCUT2D eigenvalue weighted by Gasteiger charge is -2.28. The normalized spacial score (nSPS) is 16.2. The molecule has 0 amide bonds. The van der Waals surface area contributed by atoms with Crippen LogP contribution in [0.25, 0.3) is 16.6 Å². The smallest absolute Gasteiger partial charge is 0.152 e. The number of nitrogens with zero attached hydrogens (tertiary/aromatic N) is 3. The van der Waals surface area contributed by atoms with Crippen molar-refractivity contribution in [3.05, 3.63) is 30.1 Å². The van der Waals surface area contributed by atoms with Crippen LogP contribution in [-0.4, -0.2) is 63.5 Å². The minimum Gasteiger partial charge on any atom is -0.397 e. The van der Waals surface area contributed by atoms with E-state index < -0.39 is 11.1 Å². The van der Waals surface area contributed by atoms with Gasteiger partial charge in [0.2, 0.25) is 0 Å². The molecule has 5 N–H and O–H groups in total. The van der Waals surface area contributed by atoms with Crippen molar-refractivity contribution in [2.45, 2.75) is 6.42 Å². The maximum absolute atomic E-state index is 10.9. The third-order valence-electron chi connectivity index (χ3n) is 4.40. The van der Waals surface area contributed by atoms with Crippen LogP contribution in [0.4, 0.5) is 11.5 Å². The first kappa shape index (κ1) is 20.2. The Balaban J connectivity index is 2.02. The maximum atomic E-state index is 10.9. The fraction of sp³-hybridized carbons (Fsp3) is 0.389. The molecule has 1 fully saturated rings. The zero-order valence-corrected chi connectivity index (χ0v) is 16.2. The van der Waals surface area contributed by atoms with Gasteiger partial charge in [-0.05, 0) is 18.6 Å². The Labute approximate surface area is 165 Å². The van der Waals surface area contributed by atoms with Crippen LogP contribution in [0.15, 0.2) is 24.4 Å². The number of anilines is 2. The molecule has 1 aliphatic rings. The van der Waals surface area contributed by atoms with Crippen molar-refractivity contribution in [1.29, 1.82) is 5.41 Å². The van der Waals surface area contributed by atoms with E-state index in [-0.39, 0.29) is 5.75 Å². The molecule has 150 valence electrons. The Morgan fingerprint density at radius 1 is 1.46 bits per heavy atom. The van der Waals surface area contributed by atoms with Crippen LogP contribution < -0.4 is 16.0 Å². The van der Waals surface area contributed by atoms with E-state index in [0.717, 1.165) is 36.2 Å². The summed E-state index contributed by atoms with van der Waals surface area (Å²) in [5.41, 5.74) is 8.50. The first-order chi connectivity index (χ1) is 13.6. The number of fused-ring (bicyclic) bond motifs is 1. The second-order valence-electron chi connectivity index (χ2n) is 6.28. The van der Waals surface area contributed by atoms with Gasteiger partial charge >= 0.3 is 0 Å². The monoisotopic (exact) mass is 404 g/mol. The van der Waals surface area contributed by atoms with E-state index in [0.29, 0.717) is 43.1 Å². The van der Waals surface area contributed by atoms with Gasteiger partial charge in [0.25, 0.3) is 0 Å². The van der Waals surface area contributed by atoms with E-state index in [1.54, 1.807) is 6.20 Å². The number of morpholine rings is 1. The number of hydrogen-bond acceptors (Lipinski definition) is 8. The number of aromatic nitrogens is 2. The third-order valence-corrected chi connectivity index (χ3v) is 5.03. The molecule has 10 heteroatoms. The SMILES string of the molecule is N=CC=C(N)c1nccc2c(NCCCS(=O)O)cc(N3CCOCC3)nc12. The molecule has 1 aliphatic heterocycles. The quantitative estimate of drug-likeness (QED) is 0.295. The van der Waals surface area contributed by atoms with Crippen molar-refractivity contribution in [1.82, 2.24) is 9.97 Å². The van der Waals surface area contributed by atoms with Crippen molar-refractivity contribution in [3.8, 4) is 0 Å². The van der Waals surface area contributed by atoms with Gasteiger partial charge in [0, 0.05) is 49.2 Å². The number of pyridine rings is 2. The fourth-order valence-corrected chi connectivity index (χ4v) is 3.43. The molecule has 9 nitrogen and oxygen atoms in total. The highest BCUT2D eigenvalue weighted by molar-refractivity contribution is 7.79. The number of allylic oxidation sites excluding steroid dienone is 1. The van der Waals surface area contributed by atoms with Gasteiger partial charge < -0.3 is 30.6 Å². The minimum atomic E-state index is -1.80. The maximum Gasteiger partial charge on any atom is 0.152 e. The highest BCUT2D eigenvalue weighted by atomic mass is 32.2. The molecular formula is C18H24N6O3S. The molecule has 0 aromatic carbocycles. The van der Waals surface area contributed by atoms with Gasteiger partial charge in [-0.3, -0.25) is 4.98 Å². The summed E-state index contributed by atoms with van der Waals surface area (Å²) in [4.78, 5) is 11.3. The lowest BCUT2D eigenvalue weighted by Crippen LogP contribution is -2.36. The van der Waals surface area contributed by atoms with E-state index in [9.17, 15) is 4.21 Å². The predicted molar refractivity (Wildman–Crippen MR) is 112 cm³/mol. The molecule has 28 heavy (non-hydrogen) atoms. The van der Waals surface area contributed by atoms with E-state index in [1.165, 1.54) is 6.08 Å². The molecule has 0 radical (unpaired) electrons. The van der Waals surface area contributed by atoms with Crippen molar-refractivity contribution < 1.29 is 13.5 Å². The molecule has 2 aromatic heterocycles. The Morgan fingerprint density at radius 3 is 2.96 bits per heavy atom. The number of nitrogens with one attached hydrogen (secondary N) is 2. The van der Waals surface area contributed by atoms with Gasteiger partial charge in [0.05, 0.1) is 24.7 Å². The van der Waals surface area contributed by atoms with E-state index in [4.69, 9.17) is 25.4 Å². The largest absolute Gasteiger partial charge is 0.397 e. The summed E-state index contributed by atoms with van der Waals surface area (Å²) in [6.45, 7) is 3.31. The summed E-state index contributed by atoms with van der Waals surface area (Å²) in [6.07, 6.45) is 4.82. The van der Waals surface area contributed by atoms with Crippen LogP contribution in [0.1, 0.15) is 12.1 Å². The number of rotatable bonds is 8. The summed E-state index contributed by atoms with van der Waals surface area (Å²) in [6, 6.07) is 3.84. The standard InChI is InChI=1S/C18H24N6O3S/c19-4-2-14(20)18-17-13(3-6-22-18)15(21-5-1-11-28(25)26)12-16(23-17)24-7-9-27-10-8-24/h2-4,6,12,19H,1,5,7-11,20H2,(H,21,23)(H,25,26). The zero-order chi connectivity index (χ0) is 19.9. The third kappa shape index (κ3) is 4.83. The Morgan fingerprint density at radius 2 is 2.25 bits per heavy atom. The van der Waals surface area contributed by atoms with E-state index >= 15 is 0 Å². The average molecular weight is 404 g/mol. The molecule has 1 unspecified atom stereocenters. The topological polar surface area (TPSA) is 137 Å². The average Bonchev–Trinajstić information content (AvgIpc) is 2.71. The zero-order valence-electron chi connectivity index (χ0n) is 15.4. The summed E-state index contributed by atoms with van der Waals surface area (Å²) < 4.78 is 25.3. The van der Waals surface area contributed by atoms with Crippen molar-refractivity contribution in [3.63, 3.8) is 0 Å². The molecule has 1 saturated heterocycles. The van der Waals surface area contributed by atoms with Gasteiger partial charge in [-0.1, -0.05) is 0 Å². The first-order valence-corrected chi connectivity index (χ1v) is 10.3. The Kier molecular flexibility index (Phi) is 6.90. The number of ether oxygens (including phenoxy) is 1. The van der Waals surface area contributed by atoms with Crippen LogP contribution in [0, 0.1) is 5.41 Å². The summed E-state index contributed by atoms with van der Waals surface area (Å²) in [5, 5.41) is 11.5. The molecule has 0 saturated carbocycles. The van der Waals surface area contributed by atoms with E-state index in [2.05, 4.69) is 15.2 Å². The van der Waals surface area contributed by atoms with Crippen LogP contribution in [0.5, 0.6) is 0 Å². The Hall–Kier alpha value is -2.56. The molecule has 0 spiro atoms. The van der Waals surface area contributed by atoms with Gasteiger partial charge in [0.15, 0.2) is 11.1 Å². The van der Waals surface area contributed by atoms with Gasteiger partial charge in [0.1, 0.15) is 17.0 Å². The molecule has 3 rings (SSSR count). The summed E-state index contributed by atoms with van der Waals surface area (Å²) in [5.74, 6) is 1.01. The fourth-order valence-electron chi connectivity index (χ4n) is 3.04. The van der Waals surface area contributed by atoms with Crippen molar-refractivity contribution in [2.24, 2.45) is 5.73 Å². The van der Waals surface area contributed by atoms with Crippen molar-refractivity contribution >= 4 is 45.4 Å². The van der Waals surface area contributed by atoms with Crippen LogP contribution in [-0.2, 0) is 15.8 Å². The molecule has 3 heterocycles. The molecule has 0 bridgehead atoms.